The molecule has 0 spiro atoms. The van der Waals surface area contributed by atoms with Gasteiger partial charge in [-0.1, -0.05) is 27.5 Å². The molecule has 0 aromatic heterocycles. The van der Waals surface area contributed by atoms with Crippen LogP contribution in [0.5, 0.6) is 5.75 Å². The Balaban J connectivity index is 1.89. The third-order valence-corrected chi connectivity index (χ3v) is 4.46. The highest BCUT2D eigenvalue weighted by Crippen LogP contribution is 2.27. The maximum absolute atomic E-state index is 11.9. The Morgan fingerprint density at radius 3 is 2.62 bits per heavy atom. The molecule has 21 heavy (non-hydrogen) atoms. The number of anilines is 1. The van der Waals surface area contributed by atoms with Gasteiger partial charge in [0.15, 0.2) is 0 Å². The Kier molecular flexibility index (Phi) is 5.96. The molecule has 1 amide bonds. The number of halogens is 2. The number of amides is 1. The lowest BCUT2D eigenvalue weighted by Gasteiger charge is -2.08. The lowest BCUT2D eigenvalue weighted by Crippen LogP contribution is -2.13. The van der Waals surface area contributed by atoms with Gasteiger partial charge in [-0.25, -0.2) is 0 Å². The molecule has 2 rings (SSSR count). The summed E-state index contributed by atoms with van der Waals surface area (Å²) < 4.78 is 6.09. The van der Waals surface area contributed by atoms with E-state index in [0.717, 1.165) is 9.37 Å². The first kappa shape index (κ1) is 16.2. The summed E-state index contributed by atoms with van der Waals surface area (Å²) in [4.78, 5) is 12.9. The van der Waals surface area contributed by atoms with E-state index in [9.17, 15) is 4.79 Å². The zero-order valence-electron chi connectivity index (χ0n) is 11.2. The van der Waals surface area contributed by atoms with E-state index in [-0.39, 0.29) is 5.91 Å². The van der Waals surface area contributed by atoms with E-state index >= 15 is 0 Å². The van der Waals surface area contributed by atoms with E-state index in [1.807, 2.05) is 24.3 Å². The summed E-state index contributed by atoms with van der Waals surface area (Å²) >= 11 is 10.9. The lowest BCUT2D eigenvalue weighted by molar-refractivity contribution is -0.113. The number of nitrogens with one attached hydrogen (secondary N) is 1. The summed E-state index contributed by atoms with van der Waals surface area (Å²) in [5.41, 5.74) is 0.655. The molecule has 2 aromatic rings. The predicted octanol–water partition coefficient (Wildman–Crippen LogP) is 4.84. The zero-order chi connectivity index (χ0) is 15.2. The van der Waals surface area contributed by atoms with Gasteiger partial charge in [0.05, 0.1) is 17.9 Å². The minimum Gasteiger partial charge on any atom is -0.495 e. The van der Waals surface area contributed by atoms with Gasteiger partial charge in [-0.15, -0.1) is 11.8 Å². The van der Waals surface area contributed by atoms with Crippen LogP contribution in [-0.2, 0) is 4.79 Å². The molecule has 0 atom stereocenters. The monoisotopic (exact) mass is 385 g/mol. The number of benzene rings is 2. The summed E-state index contributed by atoms with van der Waals surface area (Å²) in [6, 6.07) is 13.0. The van der Waals surface area contributed by atoms with Gasteiger partial charge in [0.1, 0.15) is 5.75 Å². The first-order valence-electron chi connectivity index (χ1n) is 6.10. The number of hydrogen-bond donors (Lipinski definition) is 1. The fourth-order valence-corrected chi connectivity index (χ4v) is 2.84. The molecule has 0 saturated heterocycles. The van der Waals surface area contributed by atoms with Gasteiger partial charge in [-0.3, -0.25) is 4.79 Å². The van der Waals surface area contributed by atoms with Crippen molar-refractivity contribution in [1.82, 2.24) is 0 Å². The minimum absolute atomic E-state index is 0.0795. The molecule has 0 aliphatic rings. The molecule has 6 heteroatoms. The highest BCUT2D eigenvalue weighted by molar-refractivity contribution is 9.10. The van der Waals surface area contributed by atoms with Crippen molar-refractivity contribution in [3.8, 4) is 5.75 Å². The molecular weight excluding hydrogens is 374 g/mol. The largest absolute Gasteiger partial charge is 0.495 e. The number of rotatable bonds is 5. The van der Waals surface area contributed by atoms with Gasteiger partial charge in [0.25, 0.3) is 0 Å². The molecule has 0 aliphatic heterocycles. The normalized spacial score (nSPS) is 10.2. The molecule has 0 saturated carbocycles. The summed E-state index contributed by atoms with van der Waals surface area (Å²) in [5.74, 6) is 0.841. The molecule has 2 aromatic carbocycles. The number of methoxy groups -OCH3 is 1. The number of carbonyl (C=O) groups is 1. The minimum atomic E-state index is -0.0795. The zero-order valence-corrected chi connectivity index (χ0v) is 14.4. The van der Waals surface area contributed by atoms with Crippen molar-refractivity contribution in [3.63, 3.8) is 0 Å². The Morgan fingerprint density at radius 2 is 2.00 bits per heavy atom. The van der Waals surface area contributed by atoms with E-state index < -0.39 is 0 Å². The van der Waals surface area contributed by atoms with Crippen LogP contribution in [-0.4, -0.2) is 18.8 Å². The molecular formula is C15H13BrClNO2S. The van der Waals surface area contributed by atoms with Crippen LogP contribution in [0.25, 0.3) is 0 Å². The smallest absolute Gasteiger partial charge is 0.234 e. The lowest BCUT2D eigenvalue weighted by atomic mass is 10.3. The average molecular weight is 387 g/mol. The highest BCUT2D eigenvalue weighted by Gasteiger charge is 2.06. The van der Waals surface area contributed by atoms with Gasteiger partial charge in [-0.2, -0.15) is 0 Å². The molecule has 0 bridgehead atoms. The summed E-state index contributed by atoms with van der Waals surface area (Å²) in [6.45, 7) is 0. The van der Waals surface area contributed by atoms with Gasteiger partial charge >= 0.3 is 0 Å². The molecule has 0 radical (unpaired) electrons. The number of ether oxygens (including phenoxy) is 1. The quantitative estimate of drug-likeness (QED) is 0.747. The van der Waals surface area contributed by atoms with Crippen molar-refractivity contribution in [2.75, 3.05) is 18.2 Å². The average Bonchev–Trinajstić information content (AvgIpc) is 2.47. The summed E-state index contributed by atoms with van der Waals surface area (Å²) in [6.07, 6.45) is 0. The van der Waals surface area contributed by atoms with Gasteiger partial charge in [0.2, 0.25) is 5.91 Å². The van der Waals surface area contributed by atoms with Crippen LogP contribution in [0.2, 0.25) is 5.02 Å². The number of carbonyl (C=O) groups excluding carboxylic acids is 1. The van der Waals surface area contributed by atoms with Crippen LogP contribution in [0, 0.1) is 0 Å². The maximum atomic E-state index is 11.9. The first-order valence-corrected chi connectivity index (χ1v) is 8.26. The Morgan fingerprint density at radius 1 is 1.29 bits per heavy atom. The SMILES string of the molecule is COc1ccc(NC(=O)CSc2ccc(Br)cc2)cc1Cl. The maximum Gasteiger partial charge on any atom is 0.234 e. The van der Waals surface area contributed by atoms with Crippen LogP contribution in [0.4, 0.5) is 5.69 Å². The summed E-state index contributed by atoms with van der Waals surface area (Å²) in [5, 5.41) is 3.28. The van der Waals surface area contributed by atoms with E-state index in [0.29, 0.717) is 22.2 Å². The molecule has 110 valence electrons. The molecule has 0 heterocycles. The van der Waals surface area contributed by atoms with Gasteiger partial charge < -0.3 is 10.1 Å². The number of hydrogen-bond acceptors (Lipinski definition) is 3. The van der Waals surface area contributed by atoms with Gasteiger partial charge in [-0.05, 0) is 42.5 Å². The van der Waals surface area contributed by atoms with Crippen molar-refractivity contribution >= 4 is 50.9 Å². The third kappa shape index (κ3) is 4.95. The van der Waals surface area contributed by atoms with Crippen molar-refractivity contribution in [1.29, 1.82) is 0 Å². The standard InChI is InChI=1S/C15H13BrClNO2S/c1-20-14-7-4-11(8-13(14)17)18-15(19)9-21-12-5-2-10(16)3-6-12/h2-8H,9H2,1H3,(H,18,19). The van der Waals surface area contributed by atoms with E-state index in [1.165, 1.54) is 11.8 Å². The van der Waals surface area contributed by atoms with E-state index in [4.69, 9.17) is 16.3 Å². The molecule has 3 nitrogen and oxygen atoms in total. The molecule has 0 aliphatic carbocycles. The Hall–Kier alpha value is -1.17. The fraction of sp³-hybridized carbons (Fsp3) is 0.133. The topological polar surface area (TPSA) is 38.3 Å². The third-order valence-electron chi connectivity index (χ3n) is 2.62. The van der Waals surface area contributed by atoms with Crippen LogP contribution in [0.15, 0.2) is 51.8 Å². The van der Waals surface area contributed by atoms with Crippen LogP contribution < -0.4 is 10.1 Å². The van der Waals surface area contributed by atoms with E-state index in [1.54, 1.807) is 25.3 Å². The van der Waals surface area contributed by atoms with Crippen molar-refractivity contribution in [3.05, 3.63) is 52.0 Å². The second-order valence-corrected chi connectivity index (χ2v) is 6.51. The molecule has 1 N–H and O–H groups in total. The van der Waals surface area contributed by atoms with Crippen LogP contribution in [0.1, 0.15) is 0 Å². The second-order valence-electron chi connectivity index (χ2n) is 4.14. The second kappa shape index (κ2) is 7.73. The summed E-state index contributed by atoms with van der Waals surface area (Å²) in [7, 11) is 1.55. The fourth-order valence-electron chi connectivity index (χ4n) is 1.62. The highest BCUT2D eigenvalue weighted by atomic mass is 79.9. The molecule has 0 unspecified atom stereocenters. The van der Waals surface area contributed by atoms with Gasteiger partial charge in [0, 0.05) is 15.1 Å². The van der Waals surface area contributed by atoms with Crippen LogP contribution >= 0.6 is 39.3 Å². The Labute approximate surface area is 141 Å². The Bertz CT molecular complexity index is 634. The first-order chi connectivity index (χ1) is 10.1. The molecule has 0 fully saturated rings. The van der Waals surface area contributed by atoms with Crippen LogP contribution in [0.3, 0.4) is 0 Å². The van der Waals surface area contributed by atoms with Crippen molar-refractivity contribution in [2.45, 2.75) is 4.90 Å². The predicted molar refractivity (Wildman–Crippen MR) is 91.5 cm³/mol. The number of thioether (sulfide) groups is 1. The van der Waals surface area contributed by atoms with Crippen molar-refractivity contribution < 1.29 is 9.53 Å². The van der Waals surface area contributed by atoms with Crippen molar-refractivity contribution in [2.24, 2.45) is 0 Å². The van der Waals surface area contributed by atoms with E-state index in [2.05, 4.69) is 21.2 Å².